The van der Waals surface area contributed by atoms with Gasteiger partial charge in [0.25, 0.3) is 0 Å². The minimum atomic E-state index is -0.273. The molecule has 114 valence electrons. The van der Waals surface area contributed by atoms with E-state index in [0.717, 1.165) is 23.4 Å². The van der Waals surface area contributed by atoms with E-state index in [1.54, 1.807) is 23.0 Å². The molecule has 1 N–H and O–H groups in total. The summed E-state index contributed by atoms with van der Waals surface area (Å²) in [6.45, 7) is 6.95. The van der Waals surface area contributed by atoms with Gasteiger partial charge >= 0.3 is 0 Å². The second-order valence-corrected chi connectivity index (χ2v) is 5.66. The number of aryl methyl sites for hydroxylation is 1. The third kappa shape index (κ3) is 2.77. The van der Waals surface area contributed by atoms with Crippen LogP contribution in [0.5, 0.6) is 0 Å². The molecule has 22 heavy (non-hydrogen) atoms. The lowest BCUT2D eigenvalue weighted by atomic mass is 10.2. The molecular weight excluding hydrogens is 281 g/mol. The van der Waals surface area contributed by atoms with Gasteiger partial charge in [0.05, 0.1) is 17.3 Å². The van der Waals surface area contributed by atoms with E-state index in [1.807, 2.05) is 6.92 Å². The molecule has 0 aliphatic heterocycles. The van der Waals surface area contributed by atoms with Crippen molar-refractivity contribution in [2.24, 2.45) is 5.92 Å². The quantitative estimate of drug-likeness (QED) is 0.803. The number of benzene rings is 1. The monoisotopic (exact) mass is 299 g/mol. The minimum absolute atomic E-state index is 0.273. The Morgan fingerprint density at radius 3 is 2.59 bits per heavy atom. The molecule has 2 heterocycles. The number of hydrogen-bond donors (Lipinski definition) is 1. The minimum Gasteiger partial charge on any atom is -0.369 e. The highest BCUT2D eigenvalue weighted by Crippen LogP contribution is 2.23. The molecule has 0 spiro atoms. The maximum Gasteiger partial charge on any atom is 0.168 e. The van der Waals surface area contributed by atoms with Gasteiger partial charge in [-0.15, -0.1) is 0 Å². The summed E-state index contributed by atoms with van der Waals surface area (Å²) in [4.78, 5) is 8.94. The molecule has 3 aromatic rings. The Kier molecular flexibility index (Phi) is 3.75. The molecule has 0 bridgehead atoms. The Hall–Kier alpha value is -2.50. The normalized spacial score (nSPS) is 11.3. The number of rotatable bonds is 4. The highest BCUT2D eigenvalue weighted by atomic mass is 19.1. The van der Waals surface area contributed by atoms with Crippen molar-refractivity contribution in [3.8, 4) is 5.69 Å². The molecular formula is C16H18FN5. The van der Waals surface area contributed by atoms with E-state index in [0.29, 0.717) is 17.4 Å². The first kappa shape index (κ1) is 14.4. The predicted octanol–water partition coefficient (Wildman–Crippen LogP) is 3.33. The SMILES string of the molecule is Cc1nc(NCC(C)C)c2cnn(-c3ccc(F)cc3)c2n1. The zero-order valence-corrected chi connectivity index (χ0v) is 12.8. The summed E-state index contributed by atoms with van der Waals surface area (Å²) in [6, 6.07) is 6.19. The van der Waals surface area contributed by atoms with Crippen molar-refractivity contribution >= 4 is 16.9 Å². The van der Waals surface area contributed by atoms with Crippen molar-refractivity contribution in [2.75, 3.05) is 11.9 Å². The van der Waals surface area contributed by atoms with Crippen LogP contribution < -0.4 is 5.32 Å². The van der Waals surface area contributed by atoms with Crippen molar-refractivity contribution in [1.82, 2.24) is 19.7 Å². The molecule has 1 aromatic carbocycles. The van der Waals surface area contributed by atoms with E-state index < -0.39 is 0 Å². The molecule has 0 atom stereocenters. The highest BCUT2D eigenvalue weighted by Gasteiger charge is 2.13. The number of hydrogen-bond acceptors (Lipinski definition) is 4. The standard InChI is InChI=1S/C16H18FN5/c1-10(2)8-18-15-14-9-19-22(16(14)21-11(3)20-15)13-6-4-12(17)5-7-13/h4-7,9-10H,8H2,1-3H3,(H,18,20,21). The summed E-state index contributed by atoms with van der Waals surface area (Å²) >= 11 is 0. The molecule has 5 nitrogen and oxygen atoms in total. The van der Waals surface area contributed by atoms with Crippen molar-refractivity contribution in [3.63, 3.8) is 0 Å². The number of nitrogens with one attached hydrogen (secondary N) is 1. The number of anilines is 1. The summed E-state index contributed by atoms with van der Waals surface area (Å²) in [5, 5.41) is 8.57. The third-order valence-corrected chi connectivity index (χ3v) is 3.29. The third-order valence-electron chi connectivity index (χ3n) is 3.29. The molecule has 0 saturated carbocycles. The molecule has 0 fully saturated rings. The molecule has 0 aliphatic rings. The molecule has 0 unspecified atom stereocenters. The number of nitrogens with zero attached hydrogens (tertiary/aromatic N) is 4. The van der Waals surface area contributed by atoms with Crippen LogP contribution in [0.3, 0.4) is 0 Å². The molecule has 6 heteroatoms. The summed E-state index contributed by atoms with van der Waals surface area (Å²) in [7, 11) is 0. The van der Waals surface area contributed by atoms with Crippen LogP contribution in [0, 0.1) is 18.7 Å². The van der Waals surface area contributed by atoms with Crippen LogP contribution in [0.15, 0.2) is 30.5 Å². The van der Waals surface area contributed by atoms with Crippen LogP contribution in [0.25, 0.3) is 16.7 Å². The lowest BCUT2D eigenvalue weighted by molar-refractivity contribution is 0.627. The fourth-order valence-electron chi connectivity index (χ4n) is 2.22. The first-order valence-corrected chi connectivity index (χ1v) is 7.27. The zero-order valence-electron chi connectivity index (χ0n) is 12.8. The fraction of sp³-hybridized carbons (Fsp3) is 0.312. The van der Waals surface area contributed by atoms with Crippen LogP contribution in [0.1, 0.15) is 19.7 Å². The van der Waals surface area contributed by atoms with Crippen molar-refractivity contribution in [1.29, 1.82) is 0 Å². The van der Waals surface area contributed by atoms with Gasteiger partial charge in [0, 0.05) is 6.54 Å². The molecule has 0 saturated heterocycles. The zero-order chi connectivity index (χ0) is 15.7. The van der Waals surface area contributed by atoms with Gasteiger partial charge in [-0.3, -0.25) is 0 Å². The first-order chi connectivity index (χ1) is 10.5. The van der Waals surface area contributed by atoms with E-state index in [9.17, 15) is 4.39 Å². The molecule has 0 amide bonds. The molecule has 0 aliphatic carbocycles. The molecule has 0 radical (unpaired) electrons. The molecule has 3 rings (SSSR count). The van der Waals surface area contributed by atoms with Gasteiger partial charge in [-0.2, -0.15) is 5.10 Å². The van der Waals surface area contributed by atoms with Gasteiger partial charge in [0.15, 0.2) is 5.65 Å². The summed E-state index contributed by atoms with van der Waals surface area (Å²) < 4.78 is 14.8. The first-order valence-electron chi connectivity index (χ1n) is 7.27. The average molecular weight is 299 g/mol. The van der Waals surface area contributed by atoms with Gasteiger partial charge in [0.2, 0.25) is 0 Å². The second-order valence-electron chi connectivity index (χ2n) is 5.66. The van der Waals surface area contributed by atoms with Crippen molar-refractivity contribution < 1.29 is 4.39 Å². The van der Waals surface area contributed by atoms with E-state index in [-0.39, 0.29) is 5.82 Å². The van der Waals surface area contributed by atoms with Crippen LogP contribution in [0.2, 0.25) is 0 Å². The van der Waals surface area contributed by atoms with Gasteiger partial charge in [-0.1, -0.05) is 13.8 Å². The maximum atomic E-state index is 13.1. The Balaban J connectivity index is 2.08. The lowest BCUT2D eigenvalue weighted by Crippen LogP contribution is -2.10. The highest BCUT2D eigenvalue weighted by molar-refractivity contribution is 5.87. The second kappa shape index (κ2) is 5.71. The number of fused-ring (bicyclic) bond motifs is 1. The Labute approximate surface area is 128 Å². The van der Waals surface area contributed by atoms with E-state index in [4.69, 9.17) is 0 Å². The van der Waals surface area contributed by atoms with Crippen LogP contribution in [-0.2, 0) is 0 Å². The van der Waals surface area contributed by atoms with Gasteiger partial charge in [-0.25, -0.2) is 19.0 Å². The van der Waals surface area contributed by atoms with Crippen LogP contribution >= 0.6 is 0 Å². The molecule has 2 aromatic heterocycles. The largest absolute Gasteiger partial charge is 0.369 e. The fourth-order valence-corrected chi connectivity index (χ4v) is 2.22. The maximum absolute atomic E-state index is 13.1. The Morgan fingerprint density at radius 1 is 1.18 bits per heavy atom. The van der Waals surface area contributed by atoms with Gasteiger partial charge in [0.1, 0.15) is 17.5 Å². The van der Waals surface area contributed by atoms with Crippen molar-refractivity contribution in [2.45, 2.75) is 20.8 Å². The number of halogens is 1. The van der Waals surface area contributed by atoms with Crippen molar-refractivity contribution in [3.05, 3.63) is 42.1 Å². The van der Waals surface area contributed by atoms with E-state index >= 15 is 0 Å². The summed E-state index contributed by atoms with van der Waals surface area (Å²) in [5.41, 5.74) is 1.48. The Bertz CT molecular complexity index is 792. The summed E-state index contributed by atoms with van der Waals surface area (Å²) in [5.74, 6) is 1.69. The van der Waals surface area contributed by atoms with Crippen LogP contribution in [0.4, 0.5) is 10.2 Å². The van der Waals surface area contributed by atoms with E-state index in [2.05, 4.69) is 34.2 Å². The van der Waals surface area contributed by atoms with Gasteiger partial charge < -0.3 is 5.32 Å². The topological polar surface area (TPSA) is 55.6 Å². The number of aromatic nitrogens is 4. The van der Waals surface area contributed by atoms with Gasteiger partial charge in [-0.05, 0) is 37.1 Å². The average Bonchev–Trinajstić information content (AvgIpc) is 2.89. The lowest BCUT2D eigenvalue weighted by Gasteiger charge is -2.10. The smallest absolute Gasteiger partial charge is 0.168 e. The van der Waals surface area contributed by atoms with Crippen LogP contribution in [-0.4, -0.2) is 26.3 Å². The predicted molar refractivity (Wildman–Crippen MR) is 84.7 cm³/mol. The van der Waals surface area contributed by atoms with E-state index in [1.165, 1.54) is 12.1 Å². The summed E-state index contributed by atoms with van der Waals surface area (Å²) in [6.07, 6.45) is 1.74. The Morgan fingerprint density at radius 2 is 1.91 bits per heavy atom.